The smallest absolute Gasteiger partial charge is 0.269 e. The second-order valence-electron chi connectivity index (χ2n) is 4.96. The van der Waals surface area contributed by atoms with Crippen LogP contribution in [-0.4, -0.2) is 32.0 Å². The molecule has 0 saturated heterocycles. The maximum Gasteiger partial charge on any atom is 0.269 e. The number of aryl methyl sites for hydroxylation is 2. The number of nitrogens with one attached hydrogen (secondary N) is 1. The zero-order valence-electron chi connectivity index (χ0n) is 12.8. The lowest BCUT2D eigenvalue weighted by molar-refractivity contribution is -0.384. The number of carbonyl (C=O) groups excluding carboxylic acids is 1. The van der Waals surface area contributed by atoms with Crippen molar-refractivity contribution in [3.05, 3.63) is 45.0 Å². The van der Waals surface area contributed by atoms with Crippen LogP contribution in [0.2, 0.25) is 0 Å². The van der Waals surface area contributed by atoms with Gasteiger partial charge in [-0.2, -0.15) is 4.98 Å². The van der Waals surface area contributed by atoms with Gasteiger partial charge in [0.05, 0.1) is 10.6 Å². The third-order valence-electron chi connectivity index (χ3n) is 3.32. The quantitative estimate of drug-likeness (QED) is 0.560. The maximum absolute atomic E-state index is 11.9. The average Bonchev–Trinajstić information content (AvgIpc) is 3.05. The number of fused-ring (bicyclic) bond motifs is 1. The van der Waals surface area contributed by atoms with E-state index in [9.17, 15) is 14.9 Å². The van der Waals surface area contributed by atoms with Crippen LogP contribution < -0.4 is 10.1 Å². The van der Waals surface area contributed by atoms with E-state index in [0.717, 1.165) is 10.6 Å². The molecule has 0 spiro atoms. The minimum absolute atomic E-state index is 0.0419. The van der Waals surface area contributed by atoms with E-state index in [1.807, 2.05) is 13.8 Å². The molecule has 10 heteroatoms. The average molecular weight is 347 g/mol. The van der Waals surface area contributed by atoms with E-state index in [2.05, 4.69) is 15.4 Å². The summed E-state index contributed by atoms with van der Waals surface area (Å²) in [4.78, 5) is 28.0. The second kappa shape index (κ2) is 6.24. The summed E-state index contributed by atoms with van der Waals surface area (Å²) in [5, 5.41) is 17.3. The van der Waals surface area contributed by atoms with Crippen molar-refractivity contribution in [1.82, 2.24) is 14.6 Å². The minimum Gasteiger partial charge on any atom is -0.484 e. The van der Waals surface area contributed by atoms with Gasteiger partial charge in [-0.3, -0.25) is 20.2 Å². The first-order valence-corrected chi connectivity index (χ1v) is 7.75. The van der Waals surface area contributed by atoms with E-state index >= 15 is 0 Å². The van der Waals surface area contributed by atoms with Gasteiger partial charge in [0.25, 0.3) is 17.5 Å². The summed E-state index contributed by atoms with van der Waals surface area (Å²) in [6.45, 7) is 3.66. The van der Waals surface area contributed by atoms with Gasteiger partial charge in [-0.05, 0) is 26.0 Å². The molecule has 0 atom stereocenters. The number of carbonyl (C=O) groups is 1. The van der Waals surface area contributed by atoms with Crippen LogP contribution in [0.5, 0.6) is 5.75 Å². The molecule has 3 rings (SSSR count). The van der Waals surface area contributed by atoms with Crippen LogP contribution in [0.3, 0.4) is 0 Å². The van der Waals surface area contributed by atoms with Crippen molar-refractivity contribution >= 4 is 33.8 Å². The number of thiazole rings is 1. The molecule has 0 aliphatic rings. The van der Waals surface area contributed by atoms with E-state index in [0.29, 0.717) is 10.7 Å². The highest BCUT2D eigenvalue weighted by molar-refractivity contribution is 7.17. The predicted molar refractivity (Wildman–Crippen MR) is 87.6 cm³/mol. The number of benzene rings is 1. The summed E-state index contributed by atoms with van der Waals surface area (Å²) in [5.74, 6) is 0.156. The molecule has 0 radical (unpaired) electrons. The Morgan fingerprint density at radius 1 is 1.38 bits per heavy atom. The SMILES string of the molecule is Cc1sc2nc(NC(=O)COc3ccc([N+](=O)[O-])cc3)nn2c1C. The van der Waals surface area contributed by atoms with Gasteiger partial charge in [-0.1, -0.05) is 11.3 Å². The highest BCUT2D eigenvalue weighted by Gasteiger charge is 2.13. The fourth-order valence-corrected chi connectivity index (χ4v) is 2.87. The van der Waals surface area contributed by atoms with Crippen LogP contribution in [0.1, 0.15) is 10.6 Å². The Morgan fingerprint density at radius 3 is 2.71 bits per heavy atom. The fraction of sp³-hybridized carbons (Fsp3) is 0.214. The molecular weight excluding hydrogens is 334 g/mol. The number of anilines is 1. The van der Waals surface area contributed by atoms with Gasteiger partial charge in [0, 0.05) is 17.0 Å². The van der Waals surface area contributed by atoms with Crippen molar-refractivity contribution in [1.29, 1.82) is 0 Å². The van der Waals surface area contributed by atoms with E-state index in [-0.39, 0.29) is 18.2 Å². The molecule has 0 aliphatic carbocycles. The molecule has 24 heavy (non-hydrogen) atoms. The molecule has 0 unspecified atom stereocenters. The first-order valence-electron chi connectivity index (χ1n) is 6.94. The summed E-state index contributed by atoms with van der Waals surface area (Å²) in [6, 6.07) is 5.48. The van der Waals surface area contributed by atoms with Gasteiger partial charge in [0.15, 0.2) is 6.61 Å². The summed E-state index contributed by atoms with van der Waals surface area (Å²) in [5.41, 5.74) is 0.935. The number of nitrogens with zero attached hydrogens (tertiary/aromatic N) is 4. The fourth-order valence-electron chi connectivity index (χ4n) is 1.97. The zero-order chi connectivity index (χ0) is 17.3. The molecule has 1 amide bonds. The van der Waals surface area contributed by atoms with Crippen LogP contribution in [0.25, 0.3) is 4.96 Å². The first-order chi connectivity index (χ1) is 11.4. The number of hydrogen-bond acceptors (Lipinski definition) is 7. The van der Waals surface area contributed by atoms with Crippen molar-refractivity contribution in [3.8, 4) is 5.75 Å². The summed E-state index contributed by atoms with van der Waals surface area (Å²) in [6.07, 6.45) is 0. The molecule has 0 bridgehead atoms. The summed E-state index contributed by atoms with van der Waals surface area (Å²) in [7, 11) is 0. The van der Waals surface area contributed by atoms with Crippen LogP contribution in [0.4, 0.5) is 11.6 Å². The molecule has 9 nitrogen and oxygen atoms in total. The number of rotatable bonds is 5. The summed E-state index contributed by atoms with van der Waals surface area (Å²) >= 11 is 1.49. The number of nitro groups is 1. The molecule has 1 aromatic carbocycles. The van der Waals surface area contributed by atoms with E-state index in [1.165, 1.54) is 35.6 Å². The lowest BCUT2D eigenvalue weighted by atomic mass is 10.3. The molecule has 3 aromatic rings. The molecule has 0 aliphatic heterocycles. The van der Waals surface area contributed by atoms with Crippen molar-refractivity contribution in [3.63, 3.8) is 0 Å². The largest absolute Gasteiger partial charge is 0.484 e. The number of nitro benzene ring substituents is 1. The first kappa shape index (κ1) is 15.9. The summed E-state index contributed by atoms with van der Waals surface area (Å²) < 4.78 is 6.95. The Labute approximate surface area is 140 Å². The Morgan fingerprint density at radius 2 is 2.08 bits per heavy atom. The third kappa shape index (κ3) is 3.18. The number of non-ortho nitro benzene ring substituents is 1. The lowest BCUT2D eigenvalue weighted by Gasteiger charge is -2.05. The molecule has 0 fully saturated rings. The lowest BCUT2D eigenvalue weighted by Crippen LogP contribution is -2.21. The van der Waals surface area contributed by atoms with Crippen molar-refractivity contribution in [2.24, 2.45) is 0 Å². The maximum atomic E-state index is 11.9. The standard InChI is InChI=1S/C14H13N5O4S/c1-8-9(2)24-14-16-13(17-18(8)14)15-12(20)7-23-11-5-3-10(4-6-11)19(21)22/h3-6H,7H2,1-2H3,(H,15,17,20). The number of aromatic nitrogens is 3. The predicted octanol–water partition coefficient (Wildman–Crippen LogP) is 2.33. The number of hydrogen-bond donors (Lipinski definition) is 1. The molecule has 0 saturated carbocycles. The van der Waals surface area contributed by atoms with Crippen LogP contribution in [0, 0.1) is 24.0 Å². The van der Waals surface area contributed by atoms with Gasteiger partial charge in [0.1, 0.15) is 5.75 Å². The van der Waals surface area contributed by atoms with Crippen LogP contribution in [0.15, 0.2) is 24.3 Å². The molecular formula is C14H13N5O4S. The van der Waals surface area contributed by atoms with Crippen molar-refractivity contribution < 1.29 is 14.5 Å². The molecule has 1 N–H and O–H groups in total. The van der Waals surface area contributed by atoms with E-state index in [4.69, 9.17) is 4.74 Å². The Bertz CT molecular complexity index is 915. The zero-order valence-corrected chi connectivity index (χ0v) is 13.7. The Hall–Kier alpha value is -3.01. The van der Waals surface area contributed by atoms with E-state index < -0.39 is 10.8 Å². The molecule has 2 aromatic heterocycles. The number of ether oxygens (including phenoxy) is 1. The monoisotopic (exact) mass is 347 g/mol. The Kier molecular flexibility index (Phi) is 4.13. The van der Waals surface area contributed by atoms with Crippen LogP contribution >= 0.6 is 11.3 Å². The number of amides is 1. The van der Waals surface area contributed by atoms with Gasteiger partial charge in [0.2, 0.25) is 4.96 Å². The minimum atomic E-state index is -0.504. The van der Waals surface area contributed by atoms with Gasteiger partial charge >= 0.3 is 0 Å². The normalized spacial score (nSPS) is 10.8. The topological polar surface area (TPSA) is 112 Å². The van der Waals surface area contributed by atoms with Gasteiger partial charge in [-0.25, -0.2) is 4.52 Å². The second-order valence-corrected chi connectivity index (χ2v) is 6.14. The highest BCUT2D eigenvalue weighted by atomic mass is 32.1. The van der Waals surface area contributed by atoms with E-state index in [1.54, 1.807) is 4.52 Å². The van der Waals surface area contributed by atoms with Crippen LogP contribution in [-0.2, 0) is 4.79 Å². The van der Waals surface area contributed by atoms with Crippen molar-refractivity contribution in [2.75, 3.05) is 11.9 Å². The van der Waals surface area contributed by atoms with Gasteiger partial charge in [-0.15, -0.1) is 5.10 Å². The molecule has 124 valence electrons. The van der Waals surface area contributed by atoms with Gasteiger partial charge < -0.3 is 4.74 Å². The Balaban J connectivity index is 1.59. The third-order valence-corrected chi connectivity index (χ3v) is 4.37. The molecule has 2 heterocycles. The highest BCUT2D eigenvalue weighted by Crippen LogP contribution is 2.21. The van der Waals surface area contributed by atoms with Crippen molar-refractivity contribution in [2.45, 2.75) is 13.8 Å².